The van der Waals surface area contributed by atoms with E-state index in [2.05, 4.69) is 31.3 Å². The molecule has 3 heterocycles. The van der Waals surface area contributed by atoms with Crippen LogP contribution in [0.5, 0.6) is 0 Å². The molecule has 0 bridgehead atoms. The quantitative estimate of drug-likeness (QED) is 0.588. The Balaban J connectivity index is 1.88. The molecule has 0 aliphatic heterocycles. The maximum atomic E-state index is 4.71. The van der Waals surface area contributed by atoms with Crippen molar-refractivity contribution in [1.29, 1.82) is 0 Å². The molecule has 0 saturated heterocycles. The van der Waals surface area contributed by atoms with E-state index in [1.54, 1.807) is 23.1 Å². The van der Waals surface area contributed by atoms with E-state index < -0.39 is 0 Å². The molecular weight excluding hydrogens is 354 g/mol. The van der Waals surface area contributed by atoms with Crippen LogP contribution in [0.1, 0.15) is 0 Å². The molecule has 6 heteroatoms. The minimum absolute atomic E-state index is 0.762. The van der Waals surface area contributed by atoms with Gasteiger partial charge in [0.05, 0.1) is 28.2 Å². The second-order valence-electron chi connectivity index (χ2n) is 4.99. The number of benzene rings is 1. The molecule has 0 aliphatic carbocycles. The maximum absolute atomic E-state index is 4.71. The van der Waals surface area contributed by atoms with E-state index in [-0.39, 0.29) is 0 Å². The Kier molecular flexibility index (Phi) is 3.51. The fourth-order valence-corrected chi connectivity index (χ4v) is 2.71. The van der Waals surface area contributed by atoms with Gasteiger partial charge in [0.15, 0.2) is 5.65 Å². The minimum atomic E-state index is 0.762. The van der Waals surface area contributed by atoms with E-state index in [0.29, 0.717) is 0 Å². The fraction of sp³-hybridized carbons (Fsp3) is 0. The molecule has 0 atom stereocenters. The number of rotatable bonds is 3. The molecule has 3 aromatic heterocycles. The summed E-state index contributed by atoms with van der Waals surface area (Å²) in [4.78, 5) is 8.83. The van der Waals surface area contributed by atoms with E-state index >= 15 is 0 Å². The zero-order valence-corrected chi connectivity index (χ0v) is 13.6. The van der Waals surface area contributed by atoms with E-state index in [9.17, 15) is 0 Å². The summed E-state index contributed by atoms with van der Waals surface area (Å²) in [5.41, 5.74) is 3.59. The summed E-state index contributed by atoms with van der Waals surface area (Å²) in [5, 5.41) is 7.72. The monoisotopic (exact) mass is 365 g/mol. The predicted molar refractivity (Wildman–Crippen MR) is 93.6 cm³/mol. The Morgan fingerprint density at radius 2 is 1.87 bits per heavy atom. The zero-order chi connectivity index (χ0) is 15.6. The van der Waals surface area contributed by atoms with Gasteiger partial charge in [-0.25, -0.2) is 4.98 Å². The molecule has 0 fully saturated rings. The molecule has 4 aromatic rings. The van der Waals surface area contributed by atoms with E-state index in [0.717, 1.165) is 32.9 Å². The van der Waals surface area contributed by atoms with E-state index in [1.807, 2.05) is 48.5 Å². The van der Waals surface area contributed by atoms with Crippen LogP contribution < -0.4 is 5.32 Å². The first-order valence-electron chi connectivity index (χ1n) is 7.08. The van der Waals surface area contributed by atoms with Crippen molar-refractivity contribution in [1.82, 2.24) is 19.6 Å². The molecular formula is C17H12BrN5. The van der Waals surface area contributed by atoms with Gasteiger partial charge in [-0.2, -0.15) is 9.61 Å². The van der Waals surface area contributed by atoms with Crippen molar-refractivity contribution in [3.63, 3.8) is 0 Å². The lowest BCUT2D eigenvalue weighted by Gasteiger charge is -2.10. The lowest BCUT2D eigenvalue weighted by Crippen LogP contribution is -2.02. The molecule has 0 saturated carbocycles. The largest absolute Gasteiger partial charge is 0.339 e. The van der Waals surface area contributed by atoms with Crippen LogP contribution >= 0.6 is 15.9 Å². The zero-order valence-electron chi connectivity index (χ0n) is 12.0. The first-order chi connectivity index (χ1) is 11.3. The Labute approximate surface area is 141 Å². The number of hydrogen-bond donors (Lipinski definition) is 1. The third kappa shape index (κ3) is 2.68. The number of nitrogens with zero attached hydrogens (tertiary/aromatic N) is 4. The van der Waals surface area contributed by atoms with Crippen molar-refractivity contribution >= 4 is 33.1 Å². The highest BCUT2D eigenvalue weighted by molar-refractivity contribution is 9.10. The fourth-order valence-electron chi connectivity index (χ4n) is 2.37. The number of pyridine rings is 1. The van der Waals surface area contributed by atoms with E-state index in [4.69, 9.17) is 4.98 Å². The molecule has 1 N–H and O–H groups in total. The first kappa shape index (κ1) is 13.9. The first-order valence-corrected chi connectivity index (χ1v) is 7.87. The molecule has 112 valence electrons. The molecule has 1 aromatic carbocycles. The summed E-state index contributed by atoms with van der Waals surface area (Å²) in [6.45, 7) is 0. The number of hydrogen-bond acceptors (Lipinski definition) is 4. The van der Waals surface area contributed by atoms with Crippen molar-refractivity contribution in [3.8, 4) is 11.3 Å². The van der Waals surface area contributed by atoms with Crippen molar-refractivity contribution in [3.05, 3.63) is 71.6 Å². The summed E-state index contributed by atoms with van der Waals surface area (Å²) < 4.78 is 2.62. The smallest absolute Gasteiger partial charge is 0.172 e. The summed E-state index contributed by atoms with van der Waals surface area (Å²) in [6, 6.07) is 15.9. The summed E-state index contributed by atoms with van der Waals surface area (Å²) in [5.74, 6) is 0.826. The number of aromatic nitrogens is 4. The van der Waals surface area contributed by atoms with Gasteiger partial charge in [-0.3, -0.25) is 4.98 Å². The Hall–Kier alpha value is -2.73. The molecule has 0 radical (unpaired) electrons. The molecule has 0 spiro atoms. The molecule has 5 nitrogen and oxygen atoms in total. The predicted octanol–water partition coefficient (Wildman–Crippen LogP) is 4.30. The van der Waals surface area contributed by atoms with Gasteiger partial charge in [0.25, 0.3) is 0 Å². The standard InChI is InChI=1S/C17H12BrN5/c18-14-11-20-23-16(21-13-7-4-8-19-10-13)9-15(22-17(14)23)12-5-2-1-3-6-12/h1-11,21H. The summed E-state index contributed by atoms with van der Waals surface area (Å²) in [7, 11) is 0. The second-order valence-corrected chi connectivity index (χ2v) is 5.84. The average molecular weight is 366 g/mol. The van der Waals surface area contributed by atoms with Crippen LogP contribution in [0, 0.1) is 0 Å². The van der Waals surface area contributed by atoms with Gasteiger partial charge in [-0.05, 0) is 28.1 Å². The highest BCUT2D eigenvalue weighted by atomic mass is 79.9. The van der Waals surface area contributed by atoms with Gasteiger partial charge >= 0.3 is 0 Å². The van der Waals surface area contributed by atoms with Crippen molar-refractivity contribution in [2.45, 2.75) is 0 Å². The van der Waals surface area contributed by atoms with Gasteiger partial charge in [-0.1, -0.05) is 30.3 Å². The van der Waals surface area contributed by atoms with Crippen LogP contribution in [-0.4, -0.2) is 19.6 Å². The number of nitrogens with one attached hydrogen (secondary N) is 1. The van der Waals surface area contributed by atoms with Crippen LogP contribution in [0.4, 0.5) is 11.5 Å². The van der Waals surface area contributed by atoms with Crippen LogP contribution in [0.3, 0.4) is 0 Å². The third-order valence-electron chi connectivity index (χ3n) is 3.43. The molecule has 0 amide bonds. The lowest BCUT2D eigenvalue weighted by molar-refractivity contribution is 0.948. The Bertz CT molecular complexity index is 951. The molecule has 23 heavy (non-hydrogen) atoms. The van der Waals surface area contributed by atoms with Crippen LogP contribution in [0.25, 0.3) is 16.9 Å². The van der Waals surface area contributed by atoms with E-state index in [1.165, 1.54) is 0 Å². The molecule has 0 aliphatic rings. The number of anilines is 2. The highest BCUT2D eigenvalue weighted by Gasteiger charge is 2.11. The van der Waals surface area contributed by atoms with Crippen molar-refractivity contribution in [2.75, 3.05) is 5.32 Å². The van der Waals surface area contributed by atoms with Crippen LogP contribution in [-0.2, 0) is 0 Å². The molecule has 4 rings (SSSR count). The van der Waals surface area contributed by atoms with Gasteiger partial charge in [-0.15, -0.1) is 0 Å². The second kappa shape index (κ2) is 5.81. The summed E-state index contributed by atoms with van der Waals surface area (Å²) >= 11 is 3.51. The Morgan fingerprint density at radius 3 is 2.65 bits per heavy atom. The minimum Gasteiger partial charge on any atom is -0.339 e. The van der Waals surface area contributed by atoms with Gasteiger partial charge in [0.1, 0.15) is 5.82 Å². The van der Waals surface area contributed by atoms with Crippen LogP contribution in [0.2, 0.25) is 0 Å². The number of halogens is 1. The maximum Gasteiger partial charge on any atom is 0.172 e. The lowest BCUT2D eigenvalue weighted by atomic mass is 10.1. The number of fused-ring (bicyclic) bond motifs is 1. The third-order valence-corrected chi connectivity index (χ3v) is 3.99. The SMILES string of the molecule is Brc1cnn2c(Nc3cccnc3)cc(-c3ccccc3)nc12. The normalized spacial score (nSPS) is 10.8. The van der Waals surface area contributed by atoms with Crippen molar-refractivity contribution in [2.24, 2.45) is 0 Å². The van der Waals surface area contributed by atoms with Gasteiger partial charge < -0.3 is 5.32 Å². The Morgan fingerprint density at radius 1 is 1.00 bits per heavy atom. The molecule has 0 unspecified atom stereocenters. The van der Waals surface area contributed by atoms with Crippen molar-refractivity contribution < 1.29 is 0 Å². The van der Waals surface area contributed by atoms with Crippen LogP contribution in [0.15, 0.2) is 71.6 Å². The summed E-state index contributed by atoms with van der Waals surface area (Å²) in [6.07, 6.45) is 5.26. The highest BCUT2D eigenvalue weighted by Crippen LogP contribution is 2.27. The topological polar surface area (TPSA) is 55.1 Å². The average Bonchev–Trinajstić information content (AvgIpc) is 2.98. The van der Waals surface area contributed by atoms with Gasteiger partial charge in [0.2, 0.25) is 0 Å². The van der Waals surface area contributed by atoms with Gasteiger partial charge in [0, 0.05) is 17.8 Å².